The molecular formula is C23H24ClN3O4S. The highest BCUT2D eigenvalue weighted by Crippen LogP contribution is 2.32. The van der Waals surface area contributed by atoms with Crippen LogP contribution < -0.4 is 10.9 Å². The number of amides is 1. The lowest BCUT2D eigenvalue weighted by Gasteiger charge is -2.11. The van der Waals surface area contributed by atoms with Crippen LogP contribution in [0.2, 0.25) is 5.02 Å². The normalized spacial score (nSPS) is 14.1. The van der Waals surface area contributed by atoms with Crippen molar-refractivity contribution in [2.75, 3.05) is 11.9 Å². The van der Waals surface area contributed by atoms with Crippen LogP contribution in [0.4, 0.5) is 5.00 Å². The average Bonchev–Trinajstić information content (AvgIpc) is 3.44. The lowest BCUT2D eigenvalue weighted by Crippen LogP contribution is -2.25. The van der Waals surface area contributed by atoms with Crippen LogP contribution in [-0.2, 0) is 9.53 Å². The Morgan fingerprint density at radius 2 is 1.97 bits per heavy atom. The van der Waals surface area contributed by atoms with Gasteiger partial charge in [-0.25, -0.2) is 4.79 Å². The third-order valence-electron chi connectivity index (χ3n) is 5.70. The number of rotatable bonds is 7. The second-order valence-electron chi connectivity index (χ2n) is 7.85. The van der Waals surface area contributed by atoms with Gasteiger partial charge in [-0.1, -0.05) is 37.3 Å². The number of nitrogens with zero attached hydrogens (tertiary/aromatic N) is 2. The maximum Gasteiger partial charge on any atom is 0.359 e. The molecule has 2 aromatic heterocycles. The zero-order valence-corrected chi connectivity index (χ0v) is 19.3. The molecule has 32 heavy (non-hydrogen) atoms. The lowest BCUT2D eigenvalue weighted by molar-refractivity contribution is -0.116. The molecule has 1 aromatic carbocycles. The average molecular weight is 474 g/mol. The number of nitrogens with one attached hydrogen (secondary N) is 1. The third-order valence-corrected chi connectivity index (χ3v) is 6.85. The van der Waals surface area contributed by atoms with Gasteiger partial charge in [-0.05, 0) is 43.5 Å². The number of hydrogen-bond acceptors (Lipinski definition) is 6. The van der Waals surface area contributed by atoms with Crippen molar-refractivity contribution in [3.8, 4) is 5.69 Å². The van der Waals surface area contributed by atoms with E-state index in [2.05, 4.69) is 10.4 Å². The van der Waals surface area contributed by atoms with Crippen molar-refractivity contribution in [3.05, 3.63) is 50.7 Å². The molecule has 9 heteroatoms. The van der Waals surface area contributed by atoms with Crippen molar-refractivity contribution in [2.45, 2.75) is 45.4 Å². The monoisotopic (exact) mass is 473 g/mol. The number of benzene rings is 1. The Morgan fingerprint density at radius 1 is 1.25 bits per heavy atom. The van der Waals surface area contributed by atoms with Gasteiger partial charge in [0.1, 0.15) is 5.00 Å². The highest BCUT2D eigenvalue weighted by Gasteiger charge is 2.23. The SMILES string of the molecule is CCOC(=O)c1nn(-c2ccc(Cl)cc2)c(=O)c2c(NC(=O)CCC3CCCC3)scc12. The fourth-order valence-electron chi connectivity index (χ4n) is 4.07. The molecule has 7 nitrogen and oxygen atoms in total. The number of carbonyl (C=O) groups is 2. The summed E-state index contributed by atoms with van der Waals surface area (Å²) in [6, 6.07) is 6.56. The number of hydrogen-bond donors (Lipinski definition) is 1. The molecule has 0 aliphatic heterocycles. The lowest BCUT2D eigenvalue weighted by atomic mass is 10.0. The zero-order valence-electron chi connectivity index (χ0n) is 17.7. The summed E-state index contributed by atoms with van der Waals surface area (Å²) in [7, 11) is 0. The van der Waals surface area contributed by atoms with Crippen molar-refractivity contribution in [3.63, 3.8) is 0 Å². The van der Waals surface area contributed by atoms with Gasteiger partial charge in [0.05, 0.1) is 17.7 Å². The van der Waals surface area contributed by atoms with E-state index in [-0.39, 0.29) is 23.6 Å². The Kier molecular flexibility index (Phi) is 6.91. The number of thiophene rings is 1. The van der Waals surface area contributed by atoms with E-state index in [9.17, 15) is 14.4 Å². The Bertz CT molecular complexity index is 1200. The first-order chi connectivity index (χ1) is 15.5. The van der Waals surface area contributed by atoms with Crippen LogP contribution in [-0.4, -0.2) is 28.3 Å². The topological polar surface area (TPSA) is 90.3 Å². The van der Waals surface area contributed by atoms with Crippen molar-refractivity contribution < 1.29 is 14.3 Å². The van der Waals surface area contributed by atoms with E-state index in [4.69, 9.17) is 16.3 Å². The van der Waals surface area contributed by atoms with Crippen molar-refractivity contribution in [2.24, 2.45) is 5.92 Å². The van der Waals surface area contributed by atoms with Crippen LogP contribution >= 0.6 is 22.9 Å². The van der Waals surface area contributed by atoms with Crippen molar-refractivity contribution >= 4 is 50.6 Å². The summed E-state index contributed by atoms with van der Waals surface area (Å²) in [4.78, 5) is 38.5. The molecule has 1 amide bonds. The molecule has 0 unspecified atom stereocenters. The highest BCUT2D eigenvalue weighted by molar-refractivity contribution is 7.16. The molecule has 0 bridgehead atoms. The molecule has 1 N–H and O–H groups in total. The van der Waals surface area contributed by atoms with E-state index < -0.39 is 11.5 Å². The zero-order chi connectivity index (χ0) is 22.7. The molecule has 1 aliphatic carbocycles. The van der Waals surface area contributed by atoms with Gasteiger partial charge in [0.25, 0.3) is 5.56 Å². The van der Waals surface area contributed by atoms with E-state index in [1.54, 1.807) is 36.6 Å². The smallest absolute Gasteiger partial charge is 0.359 e. The standard InChI is InChI=1S/C23H24ClN3O4S/c1-2-31-23(30)20-17-13-32-21(25-18(28)12-7-14-5-3-4-6-14)19(17)22(29)27(26-20)16-10-8-15(24)9-11-16/h8-11,13-14H,2-7,12H2,1H3,(H,25,28). The highest BCUT2D eigenvalue weighted by atomic mass is 35.5. The summed E-state index contributed by atoms with van der Waals surface area (Å²) in [6.07, 6.45) is 6.07. The molecule has 3 aromatic rings. The molecule has 0 radical (unpaired) electrons. The molecule has 2 heterocycles. The predicted molar refractivity (Wildman–Crippen MR) is 126 cm³/mol. The van der Waals surface area contributed by atoms with Crippen LogP contribution in [0.5, 0.6) is 0 Å². The Morgan fingerprint density at radius 3 is 2.66 bits per heavy atom. The van der Waals surface area contributed by atoms with Gasteiger partial charge in [0.2, 0.25) is 5.91 Å². The van der Waals surface area contributed by atoms with E-state index >= 15 is 0 Å². The minimum Gasteiger partial charge on any atom is -0.461 e. The summed E-state index contributed by atoms with van der Waals surface area (Å²) >= 11 is 7.18. The Balaban J connectivity index is 1.72. The molecule has 1 fully saturated rings. The van der Waals surface area contributed by atoms with Crippen LogP contribution in [0.1, 0.15) is 55.9 Å². The summed E-state index contributed by atoms with van der Waals surface area (Å²) in [5, 5.41) is 10.4. The maximum absolute atomic E-state index is 13.3. The maximum atomic E-state index is 13.3. The Hall–Kier alpha value is -2.71. The molecule has 4 rings (SSSR count). The van der Waals surface area contributed by atoms with Crippen LogP contribution in [0.25, 0.3) is 16.5 Å². The summed E-state index contributed by atoms with van der Waals surface area (Å²) in [5.74, 6) is -0.160. The third kappa shape index (κ3) is 4.71. The van der Waals surface area contributed by atoms with Crippen LogP contribution in [0.3, 0.4) is 0 Å². The number of carbonyl (C=O) groups excluding carboxylic acids is 2. The van der Waals surface area contributed by atoms with Gasteiger partial charge >= 0.3 is 5.97 Å². The largest absolute Gasteiger partial charge is 0.461 e. The second-order valence-corrected chi connectivity index (χ2v) is 9.17. The second kappa shape index (κ2) is 9.83. The number of halogens is 1. The quantitative estimate of drug-likeness (QED) is 0.477. The number of ether oxygens (including phenoxy) is 1. The first kappa shape index (κ1) is 22.5. The number of esters is 1. The van der Waals surface area contributed by atoms with Crippen LogP contribution in [0.15, 0.2) is 34.4 Å². The number of anilines is 1. The summed E-state index contributed by atoms with van der Waals surface area (Å²) in [6.45, 7) is 1.88. The van der Waals surface area contributed by atoms with Crippen LogP contribution in [0, 0.1) is 5.92 Å². The summed E-state index contributed by atoms with van der Waals surface area (Å²) < 4.78 is 6.30. The van der Waals surface area contributed by atoms with Gasteiger partial charge in [-0.15, -0.1) is 11.3 Å². The van der Waals surface area contributed by atoms with E-state index in [1.807, 2.05) is 0 Å². The van der Waals surface area contributed by atoms with E-state index in [0.29, 0.717) is 33.4 Å². The molecule has 0 atom stereocenters. The van der Waals surface area contributed by atoms with Gasteiger partial charge in [0.15, 0.2) is 5.69 Å². The predicted octanol–water partition coefficient (Wildman–Crippen LogP) is 5.19. The first-order valence-electron chi connectivity index (χ1n) is 10.8. The first-order valence-corrected chi connectivity index (χ1v) is 12.0. The molecule has 168 valence electrons. The van der Waals surface area contributed by atoms with E-state index in [0.717, 1.165) is 11.1 Å². The van der Waals surface area contributed by atoms with Gasteiger partial charge < -0.3 is 10.1 Å². The van der Waals surface area contributed by atoms with E-state index in [1.165, 1.54) is 37.0 Å². The van der Waals surface area contributed by atoms with Gasteiger partial charge in [0, 0.05) is 22.2 Å². The molecule has 1 aliphatic rings. The number of aromatic nitrogens is 2. The molecular weight excluding hydrogens is 450 g/mol. The minimum absolute atomic E-state index is 0.0269. The van der Waals surface area contributed by atoms with Crippen molar-refractivity contribution in [1.29, 1.82) is 0 Å². The molecule has 0 saturated heterocycles. The fourth-order valence-corrected chi connectivity index (χ4v) is 5.15. The van der Waals surface area contributed by atoms with Gasteiger partial charge in [-0.3, -0.25) is 9.59 Å². The van der Waals surface area contributed by atoms with Gasteiger partial charge in [-0.2, -0.15) is 9.78 Å². The fraction of sp³-hybridized carbons (Fsp3) is 0.391. The van der Waals surface area contributed by atoms with Crippen molar-refractivity contribution in [1.82, 2.24) is 9.78 Å². The molecule has 1 saturated carbocycles. The summed E-state index contributed by atoms with van der Waals surface area (Å²) in [5.41, 5.74) is 0.0541. The molecule has 0 spiro atoms. The minimum atomic E-state index is -0.628. The number of fused-ring (bicyclic) bond motifs is 1. The Labute approximate surface area is 194 Å².